The molecule has 3 nitrogen and oxygen atoms in total. The van der Waals surface area contributed by atoms with Gasteiger partial charge in [0.25, 0.3) is 0 Å². The Balaban J connectivity index is 2.09. The van der Waals surface area contributed by atoms with Crippen LogP contribution in [0.15, 0.2) is 79.0 Å². The largest absolute Gasteiger partial charge is 0.497 e. The monoisotopic (exact) mass is 319 g/mol. The van der Waals surface area contributed by atoms with Gasteiger partial charge in [0, 0.05) is 6.20 Å². The Morgan fingerprint density at radius 3 is 2.17 bits per heavy atom. The minimum Gasteiger partial charge on any atom is -0.497 e. The van der Waals surface area contributed by atoms with E-state index in [1.165, 1.54) is 0 Å². The molecular weight excluding hydrogens is 298 g/mol. The smallest absolute Gasteiger partial charge is 0.118 e. The second-order valence-electron chi connectivity index (χ2n) is 5.97. The molecule has 0 saturated heterocycles. The average Bonchev–Trinajstić information content (AvgIpc) is 2.63. The van der Waals surface area contributed by atoms with Gasteiger partial charge in [0.05, 0.1) is 24.3 Å². The van der Waals surface area contributed by atoms with E-state index in [9.17, 15) is 5.11 Å². The highest BCUT2D eigenvalue weighted by Crippen LogP contribution is 2.41. The van der Waals surface area contributed by atoms with Crippen LogP contribution in [-0.4, -0.2) is 17.2 Å². The zero-order valence-electron chi connectivity index (χ0n) is 13.9. The highest BCUT2D eigenvalue weighted by molar-refractivity contribution is 5.39. The molecule has 122 valence electrons. The summed E-state index contributed by atoms with van der Waals surface area (Å²) in [6.45, 7) is 1.83. The minimum atomic E-state index is -1.11. The molecule has 3 aromatic rings. The van der Waals surface area contributed by atoms with Gasteiger partial charge in [0.2, 0.25) is 0 Å². The first-order chi connectivity index (χ1) is 11.6. The third-order valence-electron chi connectivity index (χ3n) is 4.35. The third kappa shape index (κ3) is 3.17. The van der Waals surface area contributed by atoms with Crippen molar-refractivity contribution in [2.45, 2.75) is 18.4 Å². The summed E-state index contributed by atoms with van der Waals surface area (Å²) in [6.07, 6.45) is 1.76. The molecule has 1 N–H and O–H groups in total. The first kappa shape index (κ1) is 16.2. The fourth-order valence-electron chi connectivity index (χ4n) is 3.07. The standard InChI is InChI=1S/C21H21NO2/c1-21(23,17-11-13-18(24-2)14-12-17)20(16-8-4-3-5-9-16)19-10-6-7-15-22-19/h3-15,20,23H,1-2H3. The SMILES string of the molecule is COc1ccc(C(C)(O)C(c2ccccc2)c2ccccn2)cc1. The lowest BCUT2D eigenvalue weighted by atomic mass is 9.76. The van der Waals surface area contributed by atoms with Crippen LogP contribution in [0.25, 0.3) is 0 Å². The van der Waals surface area contributed by atoms with Crippen molar-refractivity contribution in [2.75, 3.05) is 7.11 Å². The molecule has 2 atom stereocenters. The molecule has 2 unspecified atom stereocenters. The van der Waals surface area contributed by atoms with Crippen LogP contribution >= 0.6 is 0 Å². The molecule has 3 heteroatoms. The summed E-state index contributed by atoms with van der Waals surface area (Å²) in [4.78, 5) is 4.50. The number of benzene rings is 2. The van der Waals surface area contributed by atoms with Crippen molar-refractivity contribution < 1.29 is 9.84 Å². The van der Waals surface area contributed by atoms with Crippen LogP contribution in [0.3, 0.4) is 0 Å². The van der Waals surface area contributed by atoms with Crippen molar-refractivity contribution in [3.8, 4) is 5.75 Å². The van der Waals surface area contributed by atoms with Gasteiger partial charge < -0.3 is 9.84 Å². The van der Waals surface area contributed by atoms with Gasteiger partial charge in [0.15, 0.2) is 0 Å². The van der Waals surface area contributed by atoms with Crippen LogP contribution in [0.5, 0.6) is 5.75 Å². The number of rotatable bonds is 5. The lowest BCUT2D eigenvalue weighted by molar-refractivity contribution is 0.0380. The van der Waals surface area contributed by atoms with Crippen molar-refractivity contribution in [1.82, 2.24) is 4.98 Å². The van der Waals surface area contributed by atoms with Gasteiger partial charge in [-0.3, -0.25) is 4.98 Å². The van der Waals surface area contributed by atoms with E-state index < -0.39 is 5.60 Å². The van der Waals surface area contributed by atoms with Crippen LogP contribution in [0.2, 0.25) is 0 Å². The van der Waals surface area contributed by atoms with E-state index in [1.54, 1.807) is 13.3 Å². The lowest BCUT2D eigenvalue weighted by Gasteiger charge is -2.33. The molecule has 24 heavy (non-hydrogen) atoms. The molecule has 0 aliphatic carbocycles. The summed E-state index contributed by atoms with van der Waals surface area (Å²) in [6, 6.07) is 23.3. The van der Waals surface area contributed by atoms with E-state index in [4.69, 9.17) is 4.74 Å². The number of pyridine rings is 1. The van der Waals surface area contributed by atoms with Crippen molar-refractivity contribution in [3.05, 3.63) is 95.8 Å². The van der Waals surface area contributed by atoms with Crippen molar-refractivity contribution in [2.24, 2.45) is 0 Å². The van der Waals surface area contributed by atoms with Crippen molar-refractivity contribution in [3.63, 3.8) is 0 Å². The molecule has 0 aliphatic heterocycles. The maximum atomic E-state index is 11.4. The molecule has 0 bridgehead atoms. The Hall–Kier alpha value is -2.65. The van der Waals surface area contributed by atoms with E-state index in [2.05, 4.69) is 4.98 Å². The second kappa shape index (κ2) is 6.85. The molecule has 0 aliphatic rings. The van der Waals surface area contributed by atoms with Gasteiger partial charge in [-0.05, 0) is 42.3 Å². The van der Waals surface area contributed by atoms with Crippen LogP contribution in [0.4, 0.5) is 0 Å². The Bertz CT molecular complexity index is 728. The summed E-state index contributed by atoms with van der Waals surface area (Å²) in [7, 11) is 1.63. The average molecular weight is 319 g/mol. The number of methoxy groups -OCH3 is 1. The van der Waals surface area contributed by atoms with Gasteiger partial charge in [0.1, 0.15) is 5.75 Å². The highest BCUT2D eigenvalue weighted by atomic mass is 16.5. The van der Waals surface area contributed by atoms with Crippen molar-refractivity contribution in [1.29, 1.82) is 0 Å². The number of aliphatic hydroxyl groups is 1. The predicted octanol–water partition coefficient (Wildman–Crippen LogP) is 4.13. The number of aromatic nitrogens is 1. The maximum absolute atomic E-state index is 11.4. The fraction of sp³-hybridized carbons (Fsp3) is 0.190. The molecule has 0 amide bonds. The molecule has 0 saturated carbocycles. The fourth-order valence-corrected chi connectivity index (χ4v) is 3.07. The van der Waals surface area contributed by atoms with Gasteiger partial charge in [-0.1, -0.05) is 48.5 Å². The molecule has 0 fully saturated rings. The zero-order valence-corrected chi connectivity index (χ0v) is 13.9. The van der Waals surface area contributed by atoms with Crippen molar-refractivity contribution >= 4 is 0 Å². The molecule has 0 radical (unpaired) electrons. The Morgan fingerprint density at radius 1 is 0.917 bits per heavy atom. The lowest BCUT2D eigenvalue weighted by Crippen LogP contribution is -2.31. The normalized spacial score (nSPS) is 14.6. The van der Waals surface area contributed by atoms with Gasteiger partial charge in [-0.25, -0.2) is 0 Å². The molecule has 1 heterocycles. The Kier molecular flexibility index (Phi) is 4.63. The summed E-state index contributed by atoms with van der Waals surface area (Å²) in [5.74, 6) is 0.497. The predicted molar refractivity (Wildman–Crippen MR) is 95.1 cm³/mol. The maximum Gasteiger partial charge on any atom is 0.118 e. The van der Waals surface area contributed by atoms with Gasteiger partial charge in [-0.2, -0.15) is 0 Å². The summed E-state index contributed by atoms with van der Waals surface area (Å²) in [5, 5.41) is 11.4. The number of hydrogen-bond donors (Lipinski definition) is 1. The van der Waals surface area contributed by atoms with E-state index in [0.29, 0.717) is 0 Å². The Labute approximate surface area is 142 Å². The van der Waals surface area contributed by atoms with Crippen LogP contribution in [0, 0.1) is 0 Å². The first-order valence-corrected chi connectivity index (χ1v) is 7.95. The number of hydrogen-bond acceptors (Lipinski definition) is 3. The molecular formula is C21H21NO2. The van der Waals surface area contributed by atoms with Gasteiger partial charge >= 0.3 is 0 Å². The molecule has 2 aromatic carbocycles. The molecule has 3 rings (SSSR count). The zero-order chi connectivity index (χ0) is 17.0. The second-order valence-corrected chi connectivity index (χ2v) is 5.97. The summed E-state index contributed by atoms with van der Waals surface area (Å²) in [5.41, 5.74) is 1.58. The van der Waals surface area contributed by atoms with E-state index in [0.717, 1.165) is 22.6 Å². The van der Waals surface area contributed by atoms with Gasteiger partial charge in [-0.15, -0.1) is 0 Å². The van der Waals surface area contributed by atoms with Crippen LogP contribution < -0.4 is 4.74 Å². The quantitative estimate of drug-likeness (QED) is 0.769. The van der Waals surface area contributed by atoms with E-state index in [-0.39, 0.29) is 5.92 Å². The van der Waals surface area contributed by atoms with E-state index >= 15 is 0 Å². The molecule has 1 aromatic heterocycles. The Morgan fingerprint density at radius 2 is 1.58 bits per heavy atom. The highest BCUT2D eigenvalue weighted by Gasteiger charge is 2.37. The minimum absolute atomic E-state index is 0.270. The summed E-state index contributed by atoms with van der Waals surface area (Å²) < 4.78 is 5.22. The molecule has 0 spiro atoms. The topological polar surface area (TPSA) is 42.4 Å². The number of nitrogens with zero attached hydrogens (tertiary/aromatic N) is 1. The van der Waals surface area contributed by atoms with E-state index in [1.807, 2.05) is 79.7 Å². The van der Waals surface area contributed by atoms with Crippen LogP contribution in [0.1, 0.15) is 29.7 Å². The third-order valence-corrected chi connectivity index (χ3v) is 4.35. The van der Waals surface area contributed by atoms with Crippen LogP contribution in [-0.2, 0) is 5.60 Å². The number of ether oxygens (including phenoxy) is 1. The first-order valence-electron chi connectivity index (χ1n) is 7.95. The summed E-state index contributed by atoms with van der Waals surface area (Å²) >= 11 is 0.